The molecule has 0 aliphatic carbocycles. The van der Waals surface area contributed by atoms with Crippen molar-refractivity contribution in [2.75, 3.05) is 26.2 Å². The van der Waals surface area contributed by atoms with E-state index in [0.717, 1.165) is 0 Å². The minimum Gasteiger partial charge on any atom is -0.316 e. The van der Waals surface area contributed by atoms with Crippen molar-refractivity contribution < 1.29 is 0 Å². The molecule has 2 aliphatic rings. The zero-order valence-corrected chi connectivity index (χ0v) is 8.57. The lowest BCUT2D eigenvalue weighted by atomic mass is 9.79. The average Bonchev–Trinajstić information content (AvgIpc) is 2.50. The molecule has 0 aromatic rings. The van der Waals surface area contributed by atoms with E-state index in [9.17, 15) is 0 Å². The molecule has 0 radical (unpaired) electrons. The fourth-order valence-corrected chi connectivity index (χ4v) is 2.75. The Morgan fingerprint density at radius 3 is 1.77 bits per heavy atom. The normalized spacial score (nSPS) is 29.5. The Hall–Kier alpha value is -0.0800. The van der Waals surface area contributed by atoms with Crippen LogP contribution in [-0.2, 0) is 0 Å². The molecule has 2 N–H and O–H groups in total. The van der Waals surface area contributed by atoms with Gasteiger partial charge in [-0.15, -0.1) is 0 Å². The minimum absolute atomic E-state index is 0.604. The van der Waals surface area contributed by atoms with Gasteiger partial charge in [-0.2, -0.15) is 0 Å². The molecule has 2 rings (SSSR count). The summed E-state index contributed by atoms with van der Waals surface area (Å²) < 4.78 is 0. The molecule has 2 heteroatoms. The van der Waals surface area contributed by atoms with Gasteiger partial charge >= 0.3 is 0 Å². The molecule has 76 valence electrons. The van der Waals surface area contributed by atoms with Gasteiger partial charge in [0.1, 0.15) is 0 Å². The van der Waals surface area contributed by atoms with E-state index in [-0.39, 0.29) is 0 Å². The largest absolute Gasteiger partial charge is 0.316 e. The zero-order chi connectivity index (χ0) is 8.99. The van der Waals surface area contributed by atoms with Gasteiger partial charge in [-0.3, -0.25) is 0 Å². The van der Waals surface area contributed by atoms with Crippen LogP contribution >= 0.6 is 0 Å². The lowest BCUT2D eigenvalue weighted by molar-refractivity contribution is 0.242. The van der Waals surface area contributed by atoms with Gasteiger partial charge in [0, 0.05) is 13.1 Å². The van der Waals surface area contributed by atoms with Crippen LogP contribution in [0.15, 0.2) is 0 Å². The molecular weight excluding hydrogens is 160 g/mol. The summed E-state index contributed by atoms with van der Waals surface area (Å²) in [6, 6.07) is 0. The Balaban J connectivity index is 1.97. The Morgan fingerprint density at radius 2 is 1.23 bits per heavy atom. The monoisotopic (exact) mass is 182 g/mol. The molecule has 2 aliphatic heterocycles. The van der Waals surface area contributed by atoms with Gasteiger partial charge in [0.2, 0.25) is 0 Å². The smallest absolute Gasteiger partial charge is 0.00200 e. The number of nitrogens with one attached hydrogen (secondary N) is 2. The summed E-state index contributed by atoms with van der Waals surface area (Å²) in [4.78, 5) is 0. The van der Waals surface area contributed by atoms with Crippen molar-refractivity contribution in [1.29, 1.82) is 0 Å². The maximum atomic E-state index is 3.60. The molecule has 2 heterocycles. The van der Waals surface area contributed by atoms with Gasteiger partial charge in [-0.25, -0.2) is 0 Å². The third kappa shape index (κ3) is 2.44. The molecule has 13 heavy (non-hydrogen) atoms. The lowest BCUT2D eigenvalue weighted by Crippen LogP contribution is -2.39. The van der Waals surface area contributed by atoms with E-state index in [1.807, 2.05) is 0 Å². The fraction of sp³-hybridized carbons (Fsp3) is 1.00. The summed E-state index contributed by atoms with van der Waals surface area (Å²) in [6.07, 6.45) is 8.48. The van der Waals surface area contributed by atoms with Crippen LogP contribution in [-0.4, -0.2) is 26.2 Å². The second kappa shape index (κ2) is 4.43. The molecule has 0 saturated carbocycles. The molecule has 2 nitrogen and oxygen atoms in total. The maximum Gasteiger partial charge on any atom is 0.00200 e. The van der Waals surface area contributed by atoms with E-state index in [1.54, 1.807) is 0 Å². The predicted octanol–water partition coefficient (Wildman–Crippen LogP) is 1.52. The van der Waals surface area contributed by atoms with Crippen molar-refractivity contribution >= 4 is 0 Å². The number of hydrogen-bond acceptors (Lipinski definition) is 2. The van der Waals surface area contributed by atoms with Crippen LogP contribution in [0, 0.1) is 5.41 Å². The van der Waals surface area contributed by atoms with Crippen molar-refractivity contribution in [3.05, 3.63) is 0 Å². The molecule has 1 spiro atoms. The first kappa shape index (κ1) is 9.47. The molecule has 2 saturated heterocycles. The third-order valence-corrected chi connectivity index (χ3v) is 3.62. The Morgan fingerprint density at radius 1 is 0.692 bits per heavy atom. The van der Waals surface area contributed by atoms with Crippen LogP contribution in [0.25, 0.3) is 0 Å². The standard InChI is InChI=1S/C11H22N2/c1-3-7-12-9-11(5-1)6-2-4-8-13-10-11/h12-13H,1-10H2. The molecule has 0 bridgehead atoms. The van der Waals surface area contributed by atoms with E-state index in [2.05, 4.69) is 10.6 Å². The first-order chi connectivity index (χ1) is 6.41. The van der Waals surface area contributed by atoms with Crippen LogP contribution in [0.3, 0.4) is 0 Å². The first-order valence-electron chi connectivity index (χ1n) is 5.83. The second-order valence-electron chi connectivity index (χ2n) is 4.77. The molecule has 0 aromatic heterocycles. The Kier molecular flexibility index (Phi) is 3.23. The second-order valence-corrected chi connectivity index (χ2v) is 4.77. The minimum atomic E-state index is 0.604. The molecule has 0 unspecified atom stereocenters. The molecular formula is C11H22N2. The van der Waals surface area contributed by atoms with E-state index < -0.39 is 0 Å². The van der Waals surface area contributed by atoms with Crippen molar-refractivity contribution in [3.63, 3.8) is 0 Å². The molecule has 2 fully saturated rings. The highest BCUT2D eigenvalue weighted by molar-refractivity contribution is 4.87. The number of rotatable bonds is 0. The van der Waals surface area contributed by atoms with Gasteiger partial charge in [-0.05, 0) is 44.2 Å². The third-order valence-electron chi connectivity index (χ3n) is 3.62. The van der Waals surface area contributed by atoms with Gasteiger partial charge in [-0.1, -0.05) is 12.8 Å². The lowest BCUT2D eigenvalue weighted by Gasteiger charge is -2.31. The summed E-state index contributed by atoms with van der Waals surface area (Å²) in [5.74, 6) is 0. The zero-order valence-electron chi connectivity index (χ0n) is 8.57. The van der Waals surface area contributed by atoms with Crippen LogP contribution < -0.4 is 10.6 Å². The summed E-state index contributed by atoms with van der Waals surface area (Å²) in [5, 5.41) is 7.19. The van der Waals surface area contributed by atoms with Crippen LogP contribution in [0.5, 0.6) is 0 Å². The van der Waals surface area contributed by atoms with E-state index in [4.69, 9.17) is 0 Å². The highest BCUT2D eigenvalue weighted by atomic mass is 14.9. The maximum absolute atomic E-state index is 3.60. The quantitative estimate of drug-likeness (QED) is 0.593. The van der Waals surface area contributed by atoms with Crippen LogP contribution in [0.1, 0.15) is 38.5 Å². The highest BCUT2D eigenvalue weighted by Gasteiger charge is 2.31. The SMILES string of the molecule is C1CCC2(CCCCNC2)CNC1. The first-order valence-corrected chi connectivity index (χ1v) is 5.83. The molecule has 0 aromatic carbocycles. The fourth-order valence-electron chi connectivity index (χ4n) is 2.75. The summed E-state index contributed by atoms with van der Waals surface area (Å²) in [7, 11) is 0. The summed E-state index contributed by atoms with van der Waals surface area (Å²) in [5.41, 5.74) is 0.604. The van der Waals surface area contributed by atoms with E-state index in [0.29, 0.717) is 5.41 Å². The van der Waals surface area contributed by atoms with E-state index >= 15 is 0 Å². The van der Waals surface area contributed by atoms with Gasteiger partial charge < -0.3 is 10.6 Å². The molecule has 0 amide bonds. The van der Waals surface area contributed by atoms with Crippen LogP contribution in [0.4, 0.5) is 0 Å². The van der Waals surface area contributed by atoms with Gasteiger partial charge in [0.25, 0.3) is 0 Å². The topological polar surface area (TPSA) is 24.1 Å². The van der Waals surface area contributed by atoms with Crippen molar-refractivity contribution in [2.24, 2.45) is 5.41 Å². The average molecular weight is 182 g/mol. The summed E-state index contributed by atoms with van der Waals surface area (Å²) in [6.45, 7) is 4.98. The highest BCUT2D eigenvalue weighted by Crippen LogP contribution is 2.32. The van der Waals surface area contributed by atoms with Gasteiger partial charge in [0.05, 0.1) is 0 Å². The van der Waals surface area contributed by atoms with Crippen LogP contribution in [0.2, 0.25) is 0 Å². The number of hydrogen-bond donors (Lipinski definition) is 2. The van der Waals surface area contributed by atoms with E-state index in [1.165, 1.54) is 64.7 Å². The van der Waals surface area contributed by atoms with Crippen molar-refractivity contribution in [2.45, 2.75) is 38.5 Å². The summed E-state index contributed by atoms with van der Waals surface area (Å²) >= 11 is 0. The Labute approximate surface area is 81.5 Å². The predicted molar refractivity (Wildman–Crippen MR) is 55.9 cm³/mol. The Bertz CT molecular complexity index is 119. The molecule has 0 atom stereocenters. The van der Waals surface area contributed by atoms with Gasteiger partial charge in [0.15, 0.2) is 0 Å². The van der Waals surface area contributed by atoms with Crippen molar-refractivity contribution in [3.8, 4) is 0 Å². The van der Waals surface area contributed by atoms with Crippen molar-refractivity contribution in [1.82, 2.24) is 10.6 Å².